The quantitative estimate of drug-likeness (QED) is 0.593. The predicted molar refractivity (Wildman–Crippen MR) is 49.8 cm³/mol. The van der Waals surface area contributed by atoms with E-state index in [4.69, 9.17) is 0 Å². The van der Waals surface area contributed by atoms with Crippen molar-refractivity contribution in [3.05, 3.63) is 12.2 Å². The molecule has 12 heavy (non-hydrogen) atoms. The van der Waals surface area contributed by atoms with Crippen molar-refractivity contribution in [3.8, 4) is 0 Å². The van der Waals surface area contributed by atoms with Crippen molar-refractivity contribution in [2.75, 3.05) is 0 Å². The first-order valence-electron chi connectivity index (χ1n) is 5.22. The normalized spacial score (nSPS) is 37.4. The lowest BCUT2D eigenvalue weighted by Crippen LogP contribution is -2.24. The Morgan fingerprint density at radius 3 is 2.42 bits per heavy atom. The van der Waals surface area contributed by atoms with Gasteiger partial charge in [-0.05, 0) is 25.2 Å². The van der Waals surface area contributed by atoms with Crippen LogP contribution in [0.5, 0.6) is 0 Å². The van der Waals surface area contributed by atoms with Crippen LogP contribution in [0.25, 0.3) is 0 Å². The van der Waals surface area contributed by atoms with Crippen LogP contribution in [-0.2, 0) is 0 Å². The van der Waals surface area contributed by atoms with E-state index in [-0.39, 0.29) is 6.10 Å². The lowest BCUT2D eigenvalue weighted by molar-refractivity contribution is 0.0976. The van der Waals surface area contributed by atoms with E-state index in [1.54, 1.807) is 0 Å². The predicted octanol–water partition coefficient (Wildman–Crippen LogP) is 2.50. The van der Waals surface area contributed by atoms with Crippen molar-refractivity contribution in [3.63, 3.8) is 0 Å². The third-order valence-electron chi connectivity index (χ3n) is 3.37. The van der Waals surface area contributed by atoms with Gasteiger partial charge in [0.15, 0.2) is 0 Å². The molecule has 2 aliphatic carbocycles. The van der Waals surface area contributed by atoms with Gasteiger partial charge in [-0.25, -0.2) is 0 Å². The molecule has 1 heteroatoms. The highest BCUT2D eigenvalue weighted by Crippen LogP contribution is 2.35. The Kier molecular flexibility index (Phi) is 2.50. The summed E-state index contributed by atoms with van der Waals surface area (Å²) in [5.74, 6) is 1.28. The van der Waals surface area contributed by atoms with Crippen LogP contribution >= 0.6 is 0 Å². The van der Waals surface area contributed by atoms with Crippen molar-refractivity contribution in [1.82, 2.24) is 0 Å². The molecule has 0 saturated heterocycles. The zero-order valence-corrected chi connectivity index (χ0v) is 7.58. The molecule has 0 aromatic heterocycles. The fraction of sp³-hybridized carbons (Fsp3) is 0.818. The number of rotatable bonds is 1. The summed E-state index contributed by atoms with van der Waals surface area (Å²) in [6.07, 6.45) is 12.0. The van der Waals surface area contributed by atoms with Gasteiger partial charge in [-0.1, -0.05) is 31.4 Å². The Labute approximate surface area is 74.5 Å². The molecule has 0 spiro atoms. The SMILES string of the molecule is O[C@H]1CC=C[C@@H]1C1CCCCC1. The Balaban J connectivity index is 1.93. The molecule has 0 radical (unpaired) electrons. The highest BCUT2D eigenvalue weighted by Gasteiger charge is 2.29. The summed E-state index contributed by atoms with van der Waals surface area (Å²) in [5, 5.41) is 9.68. The third-order valence-corrected chi connectivity index (χ3v) is 3.37. The first kappa shape index (κ1) is 8.31. The Hall–Kier alpha value is -0.300. The van der Waals surface area contributed by atoms with Gasteiger partial charge in [-0.2, -0.15) is 0 Å². The van der Waals surface area contributed by atoms with E-state index < -0.39 is 0 Å². The lowest BCUT2D eigenvalue weighted by atomic mass is 9.79. The summed E-state index contributed by atoms with van der Waals surface area (Å²) < 4.78 is 0. The number of aliphatic hydroxyl groups is 1. The minimum absolute atomic E-state index is 0.0619. The molecule has 2 atom stereocenters. The van der Waals surface area contributed by atoms with Gasteiger partial charge in [-0.3, -0.25) is 0 Å². The molecule has 0 aromatic carbocycles. The van der Waals surface area contributed by atoms with Gasteiger partial charge in [0.2, 0.25) is 0 Å². The molecule has 0 bridgehead atoms. The van der Waals surface area contributed by atoms with Crippen LogP contribution in [-0.4, -0.2) is 11.2 Å². The van der Waals surface area contributed by atoms with Gasteiger partial charge in [-0.15, -0.1) is 0 Å². The number of hydrogen-bond donors (Lipinski definition) is 1. The van der Waals surface area contributed by atoms with Crippen LogP contribution < -0.4 is 0 Å². The van der Waals surface area contributed by atoms with Gasteiger partial charge in [0.05, 0.1) is 6.10 Å². The summed E-state index contributed by atoms with van der Waals surface area (Å²) >= 11 is 0. The van der Waals surface area contributed by atoms with Gasteiger partial charge >= 0.3 is 0 Å². The highest BCUT2D eigenvalue weighted by molar-refractivity contribution is 5.04. The molecule has 68 valence electrons. The molecular weight excluding hydrogens is 148 g/mol. The second-order valence-corrected chi connectivity index (χ2v) is 4.21. The van der Waals surface area contributed by atoms with Crippen molar-refractivity contribution < 1.29 is 5.11 Å². The van der Waals surface area contributed by atoms with Crippen LogP contribution in [0.4, 0.5) is 0 Å². The molecule has 0 amide bonds. The smallest absolute Gasteiger partial charge is 0.0639 e. The van der Waals surface area contributed by atoms with Gasteiger partial charge in [0.1, 0.15) is 0 Å². The van der Waals surface area contributed by atoms with Gasteiger partial charge < -0.3 is 5.11 Å². The Morgan fingerprint density at radius 2 is 1.83 bits per heavy atom. The van der Waals surface area contributed by atoms with E-state index in [1.807, 2.05) is 0 Å². The van der Waals surface area contributed by atoms with Gasteiger partial charge in [0.25, 0.3) is 0 Å². The summed E-state index contributed by atoms with van der Waals surface area (Å²) in [6, 6.07) is 0. The van der Waals surface area contributed by atoms with Crippen molar-refractivity contribution >= 4 is 0 Å². The topological polar surface area (TPSA) is 20.2 Å². The lowest BCUT2D eigenvalue weighted by Gasteiger charge is -2.28. The van der Waals surface area contributed by atoms with E-state index in [2.05, 4.69) is 12.2 Å². The molecule has 1 saturated carbocycles. The van der Waals surface area contributed by atoms with E-state index in [1.165, 1.54) is 32.1 Å². The second-order valence-electron chi connectivity index (χ2n) is 4.21. The maximum Gasteiger partial charge on any atom is 0.0639 e. The summed E-state index contributed by atoms with van der Waals surface area (Å²) in [4.78, 5) is 0. The molecular formula is C11H18O. The van der Waals surface area contributed by atoms with Gasteiger partial charge in [0, 0.05) is 5.92 Å². The van der Waals surface area contributed by atoms with E-state index in [0.717, 1.165) is 12.3 Å². The third kappa shape index (κ3) is 1.56. The fourth-order valence-electron chi connectivity index (χ4n) is 2.65. The molecule has 1 N–H and O–H groups in total. The number of hydrogen-bond acceptors (Lipinski definition) is 1. The summed E-state index contributed by atoms with van der Waals surface area (Å²) in [5.41, 5.74) is 0. The van der Waals surface area contributed by atoms with Crippen LogP contribution in [0, 0.1) is 11.8 Å². The van der Waals surface area contributed by atoms with Crippen LogP contribution in [0.3, 0.4) is 0 Å². The second kappa shape index (κ2) is 3.61. The molecule has 2 rings (SSSR count). The maximum atomic E-state index is 9.68. The monoisotopic (exact) mass is 166 g/mol. The average Bonchev–Trinajstić information content (AvgIpc) is 2.53. The van der Waals surface area contributed by atoms with E-state index in [9.17, 15) is 5.11 Å². The Morgan fingerprint density at radius 1 is 1.08 bits per heavy atom. The van der Waals surface area contributed by atoms with Crippen molar-refractivity contribution in [1.29, 1.82) is 0 Å². The maximum absolute atomic E-state index is 9.68. The van der Waals surface area contributed by atoms with Crippen LogP contribution in [0.2, 0.25) is 0 Å². The standard InChI is InChI=1S/C11H18O/c12-11-8-4-7-10(11)9-5-2-1-3-6-9/h4,7,9-12H,1-3,5-6,8H2/t10-,11+/m1/s1. The highest BCUT2D eigenvalue weighted by atomic mass is 16.3. The van der Waals surface area contributed by atoms with Crippen LogP contribution in [0.15, 0.2) is 12.2 Å². The fourth-order valence-corrected chi connectivity index (χ4v) is 2.65. The summed E-state index contributed by atoms with van der Waals surface area (Å²) in [6.45, 7) is 0. The minimum atomic E-state index is -0.0619. The molecule has 2 aliphatic rings. The zero-order valence-electron chi connectivity index (χ0n) is 7.58. The zero-order chi connectivity index (χ0) is 8.39. The average molecular weight is 166 g/mol. The summed E-state index contributed by atoms with van der Waals surface area (Å²) in [7, 11) is 0. The molecule has 0 aliphatic heterocycles. The van der Waals surface area contributed by atoms with Crippen LogP contribution in [0.1, 0.15) is 38.5 Å². The first-order valence-corrected chi connectivity index (χ1v) is 5.22. The molecule has 1 fully saturated rings. The van der Waals surface area contributed by atoms with Crippen molar-refractivity contribution in [2.24, 2.45) is 11.8 Å². The molecule has 0 heterocycles. The van der Waals surface area contributed by atoms with E-state index in [0.29, 0.717) is 5.92 Å². The molecule has 1 nitrogen and oxygen atoms in total. The first-order chi connectivity index (χ1) is 5.88. The Bertz CT molecular complexity index is 168. The van der Waals surface area contributed by atoms with E-state index >= 15 is 0 Å². The molecule has 0 aromatic rings. The molecule has 0 unspecified atom stereocenters. The number of aliphatic hydroxyl groups excluding tert-OH is 1. The largest absolute Gasteiger partial charge is 0.392 e. The van der Waals surface area contributed by atoms with Crippen molar-refractivity contribution in [2.45, 2.75) is 44.6 Å². The minimum Gasteiger partial charge on any atom is -0.392 e.